The van der Waals surface area contributed by atoms with Gasteiger partial charge in [0.15, 0.2) is 5.75 Å². The second-order valence-corrected chi connectivity index (χ2v) is 8.01. The van der Waals surface area contributed by atoms with Gasteiger partial charge in [0.2, 0.25) is 5.91 Å². The summed E-state index contributed by atoms with van der Waals surface area (Å²) in [5, 5.41) is 1.94. The summed E-state index contributed by atoms with van der Waals surface area (Å²) in [4.78, 5) is 27.0. The Kier molecular flexibility index (Phi) is 5.84. The van der Waals surface area contributed by atoms with E-state index in [4.69, 9.17) is 19.9 Å². The smallest absolute Gasteiger partial charge is 0.341 e. The Bertz CT molecular complexity index is 1180. The summed E-state index contributed by atoms with van der Waals surface area (Å²) in [6.07, 6.45) is 0. The highest BCUT2D eigenvalue weighted by molar-refractivity contribution is 9.10. The number of para-hydroxylation sites is 1. The van der Waals surface area contributed by atoms with E-state index in [1.807, 2.05) is 30.3 Å². The topological polar surface area (TPSA) is 91.1 Å². The Hall–Kier alpha value is -3.10. The molecule has 1 aliphatic heterocycles. The Morgan fingerprint density at radius 1 is 1.23 bits per heavy atom. The quantitative estimate of drug-likeness (QED) is 0.568. The first kappa shape index (κ1) is 21.1. The van der Waals surface area contributed by atoms with Crippen molar-refractivity contribution in [3.8, 4) is 11.5 Å². The largest absolute Gasteiger partial charge is 0.496 e. The number of carbonyl (C=O) groups is 2. The van der Waals surface area contributed by atoms with Gasteiger partial charge in [-0.25, -0.2) is 4.79 Å². The third-order valence-electron chi connectivity index (χ3n) is 5.27. The molecule has 0 radical (unpaired) electrons. The predicted molar refractivity (Wildman–Crippen MR) is 121 cm³/mol. The molecule has 0 aliphatic carbocycles. The highest BCUT2D eigenvalue weighted by Gasteiger charge is 2.32. The number of ether oxygens (including phenoxy) is 3. The van der Waals surface area contributed by atoms with Crippen LogP contribution in [-0.2, 0) is 16.1 Å². The first-order valence-electron chi connectivity index (χ1n) is 9.60. The molecule has 8 heteroatoms. The summed E-state index contributed by atoms with van der Waals surface area (Å²) in [6.45, 7) is 0.144. The zero-order valence-electron chi connectivity index (χ0n) is 17.1. The van der Waals surface area contributed by atoms with Crippen LogP contribution in [0, 0.1) is 0 Å². The summed E-state index contributed by atoms with van der Waals surface area (Å²) in [5.41, 5.74) is 7.61. The minimum Gasteiger partial charge on any atom is -0.496 e. The van der Waals surface area contributed by atoms with Gasteiger partial charge in [-0.05, 0) is 41.1 Å². The van der Waals surface area contributed by atoms with Crippen molar-refractivity contribution < 1.29 is 23.8 Å². The fourth-order valence-corrected chi connectivity index (χ4v) is 4.12. The average Bonchev–Trinajstić information content (AvgIpc) is 2.90. The highest BCUT2D eigenvalue weighted by atomic mass is 79.9. The van der Waals surface area contributed by atoms with Gasteiger partial charge in [0.05, 0.1) is 26.5 Å². The summed E-state index contributed by atoms with van der Waals surface area (Å²) in [5.74, 6) is 0.0638. The number of methoxy groups -OCH3 is 2. The number of hydrogen-bond acceptors (Lipinski definition) is 6. The summed E-state index contributed by atoms with van der Waals surface area (Å²) in [7, 11) is 2.89. The zero-order valence-corrected chi connectivity index (χ0v) is 18.6. The van der Waals surface area contributed by atoms with Gasteiger partial charge in [0.1, 0.15) is 24.0 Å². The van der Waals surface area contributed by atoms with Crippen molar-refractivity contribution in [2.24, 2.45) is 5.73 Å². The van der Waals surface area contributed by atoms with Gasteiger partial charge >= 0.3 is 5.97 Å². The summed E-state index contributed by atoms with van der Waals surface area (Å²) >= 11 is 3.50. The van der Waals surface area contributed by atoms with E-state index in [-0.39, 0.29) is 30.4 Å². The number of carbonyl (C=O) groups excluding carboxylic acids is 2. The SMILES string of the molecule is COC(=O)c1cccc2c1OC[C@H](N)C(=O)N2Cc1c(OC)ccc2cc(Br)ccc12. The molecular formula is C23H21BrN2O5. The maximum Gasteiger partial charge on any atom is 0.341 e. The van der Waals surface area contributed by atoms with Crippen molar-refractivity contribution in [1.29, 1.82) is 0 Å². The molecule has 1 amide bonds. The normalized spacial score (nSPS) is 15.8. The van der Waals surface area contributed by atoms with Gasteiger partial charge in [-0.2, -0.15) is 0 Å². The number of hydrogen-bond donors (Lipinski definition) is 1. The Labute approximate surface area is 187 Å². The maximum atomic E-state index is 13.2. The lowest BCUT2D eigenvalue weighted by Gasteiger charge is -2.25. The lowest BCUT2D eigenvalue weighted by atomic mass is 10.0. The van der Waals surface area contributed by atoms with E-state index in [1.165, 1.54) is 7.11 Å². The van der Waals surface area contributed by atoms with Crippen LogP contribution in [0.3, 0.4) is 0 Å². The van der Waals surface area contributed by atoms with Gasteiger partial charge < -0.3 is 24.8 Å². The van der Waals surface area contributed by atoms with Crippen LogP contribution in [0.25, 0.3) is 10.8 Å². The number of nitrogens with two attached hydrogens (primary N) is 1. The molecule has 3 aromatic carbocycles. The van der Waals surface area contributed by atoms with E-state index in [9.17, 15) is 9.59 Å². The van der Waals surface area contributed by atoms with Crippen LogP contribution in [0.15, 0.2) is 53.0 Å². The number of esters is 1. The molecule has 160 valence electrons. The maximum absolute atomic E-state index is 13.2. The second-order valence-electron chi connectivity index (χ2n) is 7.10. The summed E-state index contributed by atoms with van der Waals surface area (Å²) < 4.78 is 17.2. The lowest BCUT2D eigenvalue weighted by molar-refractivity contribution is -0.120. The molecule has 4 rings (SSSR count). The number of benzene rings is 3. The van der Waals surface area contributed by atoms with Crippen molar-refractivity contribution >= 4 is 44.3 Å². The Balaban J connectivity index is 1.89. The van der Waals surface area contributed by atoms with E-state index in [0.717, 1.165) is 20.8 Å². The van der Waals surface area contributed by atoms with Crippen LogP contribution in [0.5, 0.6) is 11.5 Å². The fraction of sp³-hybridized carbons (Fsp3) is 0.217. The number of halogens is 1. The summed E-state index contributed by atoms with van der Waals surface area (Å²) in [6, 6.07) is 13.9. The molecule has 0 bridgehead atoms. The first-order valence-corrected chi connectivity index (χ1v) is 10.4. The van der Waals surface area contributed by atoms with Crippen molar-refractivity contribution in [3.63, 3.8) is 0 Å². The second kappa shape index (κ2) is 8.56. The number of anilines is 1. The first-order chi connectivity index (χ1) is 14.9. The molecule has 0 fully saturated rings. The minimum absolute atomic E-state index is 0.0457. The Morgan fingerprint density at radius 2 is 2.03 bits per heavy atom. The van der Waals surface area contributed by atoms with Crippen molar-refractivity contribution in [1.82, 2.24) is 0 Å². The Morgan fingerprint density at radius 3 is 2.77 bits per heavy atom. The molecule has 1 aliphatic rings. The molecule has 1 atom stereocenters. The molecule has 0 saturated carbocycles. The molecule has 0 spiro atoms. The van der Waals surface area contributed by atoms with Crippen LogP contribution >= 0.6 is 15.9 Å². The monoisotopic (exact) mass is 484 g/mol. The number of fused-ring (bicyclic) bond motifs is 2. The molecular weight excluding hydrogens is 464 g/mol. The number of rotatable bonds is 4. The van der Waals surface area contributed by atoms with E-state index >= 15 is 0 Å². The van der Waals surface area contributed by atoms with E-state index < -0.39 is 12.0 Å². The van der Waals surface area contributed by atoms with Crippen LogP contribution in [0.2, 0.25) is 0 Å². The zero-order chi connectivity index (χ0) is 22.1. The van der Waals surface area contributed by atoms with Gasteiger partial charge in [-0.15, -0.1) is 0 Å². The minimum atomic E-state index is -0.881. The van der Waals surface area contributed by atoms with Gasteiger partial charge in [-0.1, -0.05) is 34.1 Å². The predicted octanol–water partition coefficient (Wildman–Crippen LogP) is 3.65. The van der Waals surface area contributed by atoms with Crippen LogP contribution in [-0.4, -0.2) is 38.7 Å². The molecule has 1 heterocycles. The van der Waals surface area contributed by atoms with E-state index in [1.54, 1.807) is 30.2 Å². The third kappa shape index (κ3) is 3.84. The van der Waals surface area contributed by atoms with Gasteiger partial charge in [-0.3, -0.25) is 4.79 Å². The van der Waals surface area contributed by atoms with Gasteiger partial charge in [0.25, 0.3) is 0 Å². The molecule has 7 nitrogen and oxygen atoms in total. The van der Waals surface area contributed by atoms with Crippen LogP contribution in [0.1, 0.15) is 15.9 Å². The number of amides is 1. The fourth-order valence-electron chi connectivity index (χ4n) is 3.74. The molecule has 0 aromatic heterocycles. The van der Waals surface area contributed by atoms with Gasteiger partial charge in [0, 0.05) is 10.0 Å². The lowest BCUT2D eigenvalue weighted by Crippen LogP contribution is -2.45. The van der Waals surface area contributed by atoms with Crippen molar-refractivity contribution in [2.45, 2.75) is 12.6 Å². The third-order valence-corrected chi connectivity index (χ3v) is 5.76. The van der Waals surface area contributed by atoms with E-state index in [2.05, 4.69) is 15.9 Å². The van der Waals surface area contributed by atoms with Crippen molar-refractivity contribution in [2.75, 3.05) is 25.7 Å². The molecule has 0 saturated heterocycles. The van der Waals surface area contributed by atoms with Crippen molar-refractivity contribution in [3.05, 3.63) is 64.1 Å². The average molecular weight is 485 g/mol. The molecule has 3 aromatic rings. The molecule has 0 unspecified atom stereocenters. The molecule has 31 heavy (non-hydrogen) atoms. The van der Waals surface area contributed by atoms with E-state index in [0.29, 0.717) is 11.4 Å². The highest BCUT2D eigenvalue weighted by Crippen LogP contribution is 2.38. The van der Waals surface area contributed by atoms with Crippen LogP contribution < -0.4 is 20.1 Å². The standard InChI is InChI=1S/C23H21BrN2O5/c1-29-20-9-6-13-10-14(24)7-8-15(13)17(20)11-26-19-5-3-4-16(23(28)30-2)21(19)31-12-18(25)22(26)27/h3-10,18H,11-12,25H2,1-2H3/t18-/m0/s1. The number of nitrogens with zero attached hydrogens (tertiary/aromatic N) is 1. The molecule has 2 N–H and O–H groups in total. The van der Waals surface area contributed by atoms with Crippen LogP contribution in [0.4, 0.5) is 5.69 Å².